The summed E-state index contributed by atoms with van der Waals surface area (Å²) >= 11 is 0. The molecule has 0 atom stereocenters. The highest BCUT2D eigenvalue weighted by atomic mass is 19.1. The standard InChI is InChI=1S/C22H24FN7O/c1-13-8-18(27-30-10-14(2)24-20(13)30)16-9-17(23)21-25-19(12-29(21)11-16)26-22(31)15-4-6-28(3)7-5-15/h8-12,15H,4-7H2,1-3H3,(H,26,31). The van der Waals surface area contributed by atoms with Crippen molar-refractivity contribution in [2.45, 2.75) is 26.7 Å². The quantitative estimate of drug-likeness (QED) is 0.550. The van der Waals surface area contributed by atoms with Crippen LogP contribution in [0.15, 0.2) is 30.7 Å². The smallest absolute Gasteiger partial charge is 0.228 e. The number of carbonyl (C=O) groups excluding carboxylic acids is 1. The number of likely N-dealkylation sites (tertiary alicyclic amines) is 1. The Hall–Kier alpha value is -3.33. The van der Waals surface area contributed by atoms with E-state index in [1.807, 2.05) is 26.1 Å². The summed E-state index contributed by atoms with van der Waals surface area (Å²) in [5, 5.41) is 7.43. The van der Waals surface area contributed by atoms with Crippen LogP contribution >= 0.6 is 0 Å². The first kappa shape index (κ1) is 19.6. The fraction of sp³-hybridized carbons (Fsp3) is 0.364. The van der Waals surface area contributed by atoms with Gasteiger partial charge in [0.1, 0.15) is 0 Å². The minimum absolute atomic E-state index is 0.0426. The molecule has 31 heavy (non-hydrogen) atoms. The molecule has 0 aliphatic carbocycles. The van der Waals surface area contributed by atoms with Crippen LogP contribution in [0.1, 0.15) is 24.1 Å². The van der Waals surface area contributed by atoms with Gasteiger partial charge in [0, 0.05) is 17.7 Å². The fourth-order valence-electron chi connectivity index (χ4n) is 4.14. The van der Waals surface area contributed by atoms with Crippen LogP contribution in [0.25, 0.3) is 22.6 Å². The summed E-state index contributed by atoms with van der Waals surface area (Å²) in [6, 6.07) is 3.31. The first-order chi connectivity index (χ1) is 14.9. The number of amides is 1. The second-order valence-corrected chi connectivity index (χ2v) is 8.36. The van der Waals surface area contributed by atoms with Crippen molar-refractivity contribution in [2.75, 3.05) is 25.5 Å². The number of fused-ring (bicyclic) bond motifs is 2. The van der Waals surface area contributed by atoms with Crippen LogP contribution in [0, 0.1) is 25.6 Å². The Morgan fingerprint density at radius 2 is 1.87 bits per heavy atom. The van der Waals surface area contributed by atoms with Crippen LogP contribution in [0.3, 0.4) is 0 Å². The van der Waals surface area contributed by atoms with E-state index in [0.29, 0.717) is 17.1 Å². The molecule has 0 saturated carbocycles. The maximum Gasteiger partial charge on any atom is 0.228 e. The molecule has 1 fully saturated rings. The van der Waals surface area contributed by atoms with Gasteiger partial charge in [0.05, 0.1) is 23.8 Å². The SMILES string of the molecule is Cc1cn2nc(-c3cc(F)c4nc(NC(=O)C5CCN(C)CC5)cn4c3)cc(C)c2n1. The molecule has 0 unspecified atom stereocenters. The number of hydrogen-bond donors (Lipinski definition) is 1. The Labute approximate surface area is 178 Å². The Balaban J connectivity index is 1.45. The molecular weight excluding hydrogens is 397 g/mol. The minimum Gasteiger partial charge on any atom is -0.309 e. The van der Waals surface area contributed by atoms with Gasteiger partial charge in [-0.1, -0.05) is 0 Å². The molecule has 0 bridgehead atoms. The molecule has 8 nitrogen and oxygen atoms in total. The lowest BCUT2D eigenvalue weighted by Crippen LogP contribution is -2.35. The molecule has 5 heterocycles. The van der Waals surface area contributed by atoms with Crippen LogP contribution in [0.2, 0.25) is 0 Å². The summed E-state index contributed by atoms with van der Waals surface area (Å²) in [7, 11) is 2.05. The van der Waals surface area contributed by atoms with Gasteiger partial charge >= 0.3 is 0 Å². The van der Waals surface area contributed by atoms with Crippen LogP contribution < -0.4 is 5.32 Å². The lowest BCUT2D eigenvalue weighted by Gasteiger charge is -2.27. The Morgan fingerprint density at radius 1 is 1.10 bits per heavy atom. The lowest BCUT2D eigenvalue weighted by atomic mass is 9.96. The molecule has 1 amide bonds. The van der Waals surface area contributed by atoms with E-state index in [1.165, 1.54) is 6.07 Å². The average molecular weight is 421 g/mol. The molecular formula is C22H24FN7O. The number of rotatable bonds is 3. The maximum absolute atomic E-state index is 14.9. The molecule has 1 N–H and O–H groups in total. The predicted octanol–water partition coefficient (Wildman–Crippen LogP) is 3.08. The van der Waals surface area contributed by atoms with E-state index in [1.54, 1.807) is 21.3 Å². The average Bonchev–Trinajstić information content (AvgIpc) is 3.31. The van der Waals surface area contributed by atoms with Gasteiger partial charge in [0.15, 0.2) is 22.9 Å². The summed E-state index contributed by atoms with van der Waals surface area (Å²) in [5.74, 6) is -0.224. The number of aryl methyl sites for hydroxylation is 2. The minimum atomic E-state index is -0.473. The highest BCUT2D eigenvalue weighted by Gasteiger charge is 2.24. The van der Waals surface area contributed by atoms with Gasteiger partial charge in [-0.2, -0.15) is 5.10 Å². The number of anilines is 1. The normalized spacial score (nSPS) is 15.7. The lowest BCUT2D eigenvalue weighted by molar-refractivity contribution is -0.121. The molecule has 5 rings (SSSR count). The summed E-state index contributed by atoms with van der Waals surface area (Å²) in [6.45, 7) is 5.66. The van der Waals surface area contributed by atoms with Crippen LogP contribution in [0.5, 0.6) is 0 Å². The van der Waals surface area contributed by atoms with Crippen molar-refractivity contribution in [1.29, 1.82) is 0 Å². The summed E-state index contributed by atoms with van der Waals surface area (Å²) < 4.78 is 18.2. The van der Waals surface area contributed by atoms with Crippen molar-refractivity contribution in [1.82, 2.24) is 28.9 Å². The number of piperidine rings is 1. The van der Waals surface area contributed by atoms with E-state index in [0.717, 1.165) is 42.8 Å². The molecule has 0 aromatic carbocycles. The predicted molar refractivity (Wildman–Crippen MR) is 115 cm³/mol. The Kier molecular flexibility index (Phi) is 4.70. The zero-order valence-electron chi connectivity index (χ0n) is 17.8. The summed E-state index contributed by atoms with van der Waals surface area (Å²) in [4.78, 5) is 23.5. The van der Waals surface area contributed by atoms with E-state index in [2.05, 4.69) is 32.3 Å². The van der Waals surface area contributed by atoms with Crippen molar-refractivity contribution < 1.29 is 9.18 Å². The third kappa shape index (κ3) is 3.65. The number of nitrogens with zero attached hydrogens (tertiary/aromatic N) is 6. The second-order valence-electron chi connectivity index (χ2n) is 8.36. The summed E-state index contributed by atoms with van der Waals surface area (Å²) in [6.07, 6.45) is 6.88. The molecule has 1 aliphatic heterocycles. The van der Waals surface area contributed by atoms with E-state index in [4.69, 9.17) is 0 Å². The first-order valence-corrected chi connectivity index (χ1v) is 10.4. The number of hydrogen-bond acceptors (Lipinski definition) is 5. The van der Waals surface area contributed by atoms with Crippen LogP contribution in [-0.4, -0.2) is 54.9 Å². The molecule has 4 aromatic heterocycles. The molecule has 4 aromatic rings. The van der Waals surface area contributed by atoms with E-state index < -0.39 is 5.82 Å². The van der Waals surface area contributed by atoms with Crippen LogP contribution in [-0.2, 0) is 4.79 Å². The largest absolute Gasteiger partial charge is 0.309 e. The first-order valence-electron chi connectivity index (χ1n) is 10.4. The van der Waals surface area contributed by atoms with Gasteiger partial charge in [-0.05, 0) is 64.5 Å². The topological polar surface area (TPSA) is 79.8 Å². The Bertz CT molecular complexity index is 1300. The molecule has 1 saturated heterocycles. The maximum atomic E-state index is 14.9. The Morgan fingerprint density at radius 3 is 2.65 bits per heavy atom. The highest BCUT2D eigenvalue weighted by Crippen LogP contribution is 2.25. The number of nitrogens with one attached hydrogen (secondary N) is 1. The van der Waals surface area contributed by atoms with Gasteiger partial charge in [-0.25, -0.2) is 18.9 Å². The van der Waals surface area contributed by atoms with Gasteiger partial charge in [-0.3, -0.25) is 4.79 Å². The van der Waals surface area contributed by atoms with Gasteiger partial charge < -0.3 is 14.6 Å². The molecule has 0 spiro atoms. The molecule has 9 heteroatoms. The zero-order chi connectivity index (χ0) is 21.7. The number of aromatic nitrogens is 5. The van der Waals surface area contributed by atoms with Gasteiger partial charge in [-0.15, -0.1) is 0 Å². The van der Waals surface area contributed by atoms with E-state index >= 15 is 0 Å². The number of halogens is 1. The van der Waals surface area contributed by atoms with Crippen molar-refractivity contribution in [2.24, 2.45) is 5.92 Å². The van der Waals surface area contributed by atoms with E-state index in [-0.39, 0.29) is 17.5 Å². The van der Waals surface area contributed by atoms with Gasteiger partial charge in [0.25, 0.3) is 0 Å². The molecule has 1 aliphatic rings. The van der Waals surface area contributed by atoms with Gasteiger partial charge in [0.2, 0.25) is 5.91 Å². The third-order valence-electron chi connectivity index (χ3n) is 5.87. The highest BCUT2D eigenvalue weighted by molar-refractivity contribution is 5.92. The van der Waals surface area contributed by atoms with Crippen molar-refractivity contribution in [3.8, 4) is 11.3 Å². The zero-order valence-corrected chi connectivity index (χ0v) is 17.8. The summed E-state index contributed by atoms with van der Waals surface area (Å²) in [5.41, 5.74) is 4.02. The fourth-order valence-corrected chi connectivity index (χ4v) is 4.14. The molecule has 0 radical (unpaired) electrons. The monoisotopic (exact) mass is 421 g/mol. The number of imidazole rings is 2. The number of carbonyl (C=O) groups is 1. The van der Waals surface area contributed by atoms with Crippen molar-refractivity contribution >= 4 is 23.0 Å². The van der Waals surface area contributed by atoms with Crippen molar-refractivity contribution in [3.63, 3.8) is 0 Å². The third-order valence-corrected chi connectivity index (χ3v) is 5.87. The van der Waals surface area contributed by atoms with Crippen LogP contribution in [0.4, 0.5) is 10.2 Å². The van der Waals surface area contributed by atoms with Crippen molar-refractivity contribution in [3.05, 3.63) is 47.8 Å². The number of pyridine rings is 1. The molecule has 160 valence electrons. The van der Waals surface area contributed by atoms with E-state index in [9.17, 15) is 9.18 Å². The second kappa shape index (κ2) is 7.42.